The normalized spacial score (nSPS) is 10.7. The number of nitrogens with zero attached hydrogens (tertiary/aromatic N) is 1. The van der Waals surface area contributed by atoms with Gasteiger partial charge in [0.2, 0.25) is 5.78 Å². The maximum atomic E-state index is 12.1. The van der Waals surface area contributed by atoms with Crippen LogP contribution in [0.5, 0.6) is 0 Å². The topological polar surface area (TPSA) is 83.9 Å². The van der Waals surface area contributed by atoms with Crippen LogP contribution in [0.4, 0.5) is 0 Å². The molecular formula is C17H12N2O2. The number of carbonyl (C=O) groups excluding carboxylic acids is 2. The average molecular weight is 276 g/mol. The molecule has 0 heterocycles. The third-order valence-electron chi connectivity index (χ3n) is 2.86. The van der Waals surface area contributed by atoms with Gasteiger partial charge in [0, 0.05) is 17.2 Å². The number of ketones is 2. The molecule has 4 heteroatoms. The lowest BCUT2D eigenvalue weighted by molar-refractivity contribution is 0.101. The maximum absolute atomic E-state index is 12.1. The predicted octanol–water partition coefficient (Wildman–Crippen LogP) is 2.47. The van der Waals surface area contributed by atoms with Crippen molar-refractivity contribution in [2.75, 3.05) is 0 Å². The van der Waals surface area contributed by atoms with Crippen molar-refractivity contribution >= 4 is 11.6 Å². The number of Topliss-reactive ketones (excluding diaryl/α,β-unsaturated/α-hetero) is 1. The molecule has 2 aromatic rings. The largest absolute Gasteiger partial charge is 0.395 e. The van der Waals surface area contributed by atoms with Gasteiger partial charge in [-0.05, 0) is 12.1 Å². The van der Waals surface area contributed by atoms with Crippen molar-refractivity contribution in [3.05, 3.63) is 83.1 Å². The Morgan fingerprint density at radius 1 is 1.00 bits per heavy atom. The van der Waals surface area contributed by atoms with Gasteiger partial charge in [-0.2, -0.15) is 5.26 Å². The summed E-state index contributed by atoms with van der Waals surface area (Å²) in [5.74, 6) is -0.811. The first-order chi connectivity index (χ1) is 10.1. The van der Waals surface area contributed by atoms with E-state index in [4.69, 9.17) is 11.0 Å². The zero-order valence-electron chi connectivity index (χ0n) is 11.1. The van der Waals surface area contributed by atoms with E-state index in [-0.39, 0.29) is 17.0 Å². The Balaban J connectivity index is 2.25. The SMILES string of the molecule is N#Cc1cccc(C(=O)C(N)=CC(=O)c2ccccc2)c1. The molecule has 0 aromatic heterocycles. The first kappa shape index (κ1) is 14.2. The van der Waals surface area contributed by atoms with Crippen molar-refractivity contribution < 1.29 is 9.59 Å². The van der Waals surface area contributed by atoms with Gasteiger partial charge in [0.25, 0.3) is 0 Å². The Morgan fingerprint density at radius 2 is 1.67 bits per heavy atom. The van der Waals surface area contributed by atoms with Crippen LogP contribution in [0.1, 0.15) is 26.3 Å². The van der Waals surface area contributed by atoms with Crippen molar-refractivity contribution in [3.8, 4) is 6.07 Å². The fraction of sp³-hybridized carbons (Fsp3) is 0. The highest BCUT2D eigenvalue weighted by Gasteiger charge is 2.12. The molecule has 102 valence electrons. The highest BCUT2D eigenvalue weighted by atomic mass is 16.1. The minimum Gasteiger partial charge on any atom is -0.395 e. The molecule has 0 aliphatic carbocycles. The fourth-order valence-electron chi connectivity index (χ4n) is 1.79. The zero-order chi connectivity index (χ0) is 15.2. The van der Waals surface area contributed by atoms with Crippen molar-refractivity contribution in [3.63, 3.8) is 0 Å². The van der Waals surface area contributed by atoms with Crippen LogP contribution in [0, 0.1) is 11.3 Å². The van der Waals surface area contributed by atoms with Crippen LogP contribution in [0.15, 0.2) is 66.4 Å². The van der Waals surface area contributed by atoms with Gasteiger partial charge in [-0.15, -0.1) is 0 Å². The second-order valence-electron chi connectivity index (χ2n) is 4.35. The minimum absolute atomic E-state index is 0.154. The molecular weight excluding hydrogens is 264 g/mol. The Kier molecular flexibility index (Phi) is 4.27. The second kappa shape index (κ2) is 6.31. The lowest BCUT2D eigenvalue weighted by Crippen LogP contribution is -2.14. The van der Waals surface area contributed by atoms with Crippen LogP contribution in [-0.2, 0) is 0 Å². The number of hydrogen-bond acceptors (Lipinski definition) is 4. The van der Waals surface area contributed by atoms with Crippen LogP contribution < -0.4 is 5.73 Å². The Hall–Kier alpha value is -3.19. The summed E-state index contributed by atoms with van der Waals surface area (Å²) in [6.45, 7) is 0. The van der Waals surface area contributed by atoms with E-state index in [1.807, 2.05) is 6.07 Å². The highest BCUT2D eigenvalue weighted by molar-refractivity contribution is 6.14. The van der Waals surface area contributed by atoms with Crippen LogP contribution in [0.25, 0.3) is 0 Å². The van der Waals surface area contributed by atoms with Crippen LogP contribution in [0.2, 0.25) is 0 Å². The van der Waals surface area contributed by atoms with Crippen molar-refractivity contribution in [1.82, 2.24) is 0 Å². The molecule has 0 aliphatic rings. The van der Waals surface area contributed by atoms with Crippen molar-refractivity contribution in [2.45, 2.75) is 0 Å². The first-order valence-corrected chi connectivity index (χ1v) is 6.23. The minimum atomic E-state index is -0.476. The van der Waals surface area contributed by atoms with E-state index in [1.54, 1.807) is 48.5 Å². The van der Waals surface area contributed by atoms with Gasteiger partial charge in [0.15, 0.2) is 5.78 Å². The summed E-state index contributed by atoms with van der Waals surface area (Å²) in [5, 5.41) is 8.82. The number of nitrogens with two attached hydrogens (primary N) is 1. The van der Waals surface area contributed by atoms with Crippen molar-refractivity contribution in [1.29, 1.82) is 5.26 Å². The molecule has 0 bridgehead atoms. The molecule has 21 heavy (non-hydrogen) atoms. The maximum Gasteiger partial charge on any atom is 0.208 e. The first-order valence-electron chi connectivity index (χ1n) is 6.23. The van der Waals surface area contributed by atoms with Gasteiger partial charge in [0.05, 0.1) is 17.3 Å². The van der Waals surface area contributed by atoms with E-state index in [9.17, 15) is 9.59 Å². The molecule has 2 aromatic carbocycles. The molecule has 2 rings (SSSR count). The number of allylic oxidation sites excluding steroid dienone is 2. The highest BCUT2D eigenvalue weighted by Crippen LogP contribution is 2.09. The lowest BCUT2D eigenvalue weighted by atomic mass is 10.0. The molecule has 0 saturated carbocycles. The van der Waals surface area contributed by atoms with Gasteiger partial charge in [-0.3, -0.25) is 9.59 Å². The second-order valence-corrected chi connectivity index (χ2v) is 4.35. The summed E-state index contributed by atoms with van der Waals surface area (Å²) in [6.07, 6.45) is 1.11. The number of rotatable bonds is 4. The summed E-state index contributed by atoms with van der Waals surface area (Å²) >= 11 is 0. The Morgan fingerprint density at radius 3 is 2.33 bits per heavy atom. The molecule has 0 radical (unpaired) electrons. The third kappa shape index (κ3) is 3.43. The van der Waals surface area contributed by atoms with Crippen LogP contribution in [0.3, 0.4) is 0 Å². The van der Waals surface area contributed by atoms with E-state index in [0.717, 1.165) is 6.08 Å². The van der Waals surface area contributed by atoms with Crippen LogP contribution in [-0.4, -0.2) is 11.6 Å². The standard InChI is InChI=1S/C17H12N2O2/c18-11-12-5-4-8-14(9-12)17(21)15(19)10-16(20)13-6-2-1-3-7-13/h1-10H,19H2. The number of benzene rings is 2. The smallest absolute Gasteiger partial charge is 0.208 e. The van der Waals surface area contributed by atoms with Gasteiger partial charge in [0.1, 0.15) is 0 Å². The summed E-state index contributed by atoms with van der Waals surface area (Å²) in [7, 11) is 0. The lowest BCUT2D eigenvalue weighted by Gasteiger charge is -2.02. The molecule has 0 atom stereocenters. The molecule has 0 unspecified atom stereocenters. The monoisotopic (exact) mass is 276 g/mol. The molecule has 0 saturated heterocycles. The van der Waals surface area contributed by atoms with E-state index in [2.05, 4.69) is 0 Å². The number of hydrogen-bond donors (Lipinski definition) is 1. The van der Waals surface area contributed by atoms with Gasteiger partial charge in [-0.1, -0.05) is 42.5 Å². The Bertz CT molecular complexity index is 756. The summed E-state index contributed by atoms with van der Waals surface area (Å²) in [6, 6.07) is 16.7. The third-order valence-corrected chi connectivity index (χ3v) is 2.86. The van der Waals surface area contributed by atoms with E-state index >= 15 is 0 Å². The summed E-state index contributed by atoms with van der Waals surface area (Å²) in [4.78, 5) is 24.1. The van der Waals surface area contributed by atoms with Crippen LogP contribution >= 0.6 is 0 Å². The van der Waals surface area contributed by atoms with Crippen molar-refractivity contribution in [2.24, 2.45) is 5.73 Å². The fourth-order valence-corrected chi connectivity index (χ4v) is 1.79. The number of carbonyl (C=O) groups is 2. The van der Waals surface area contributed by atoms with E-state index in [0.29, 0.717) is 11.1 Å². The van der Waals surface area contributed by atoms with Gasteiger partial charge < -0.3 is 5.73 Å². The molecule has 0 amide bonds. The Labute approximate surface area is 122 Å². The number of nitriles is 1. The average Bonchev–Trinajstić information content (AvgIpc) is 2.54. The molecule has 4 nitrogen and oxygen atoms in total. The van der Waals surface area contributed by atoms with Gasteiger partial charge in [-0.25, -0.2) is 0 Å². The van der Waals surface area contributed by atoms with E-state index < -0.39 is 5.78 Å². The molecule has 2 N–H and O–H groups in total. The quantitative estimate of drug-likeness (QED) is 0.686. The molecule has 0 spiro atoms. The van der Waals surface area contributed by atoms with Gasteiger partial charge >= 0.3 is 0 Å². The van der Waals surface area contributed by atoms with E-state index in [1.165, 1.54) is 6.07 Å². The molecule has 0 aliphatic heterocycles. The molecule has 0 fully saturated rings. The summed E-state index contributed by atoms with van der Waals surface area (Å²) < 4.78 is 0. The predicted molar refractivity (Wildman–Crippen MR) is 78.5 cm³/mol. The zero-order valence-corrected chi connectivity index (χ0v) is 11.1. The summed E-state index contributed by atoms with van der Waals surface area (Å²) in [5.41, 5.74) is 6.64.